The zero-order chi connectivity index (χ0) is 14.3. The molecular weight excluding hydrogens is 238 g/mol. The van der Waals surface area contributed by atoms with Crippen LogP contribution in [-0.4, -0.2) is 49.6 Å². The molecule has 2 unspecified atom stereocenters. The van der Waals surface area contributed by atoms with Gasteiger partial charge in [-0.25, -0.2) is 0 Å². The lowest BCUT2D eigenvalue weighted by atomic mass is 9.94. The van der Waals surface area contributed by atoms with E-state index >= 15 is 0 Å². The van der Waals surface area contributed by atoms with Crippen molar-refractivity contribution in [3.63, 3.8) is 0 Å². The van der Waals surface area contributed by atoms with Crippen molar-refractivity contribution in [3.05, 3.63) is 0 Å². The third-order valence-corrected chi connectivity index (χ3v) is 4.39. The number of nitrogens with one attached hydrogen (secondary N) is 2. The first-order valence-corrected chi connectivity index (χ1v) is 7.76. The molecule has 4 nitrogen and oxygen atoms in total. The van der Waals surface area contributed by atoms with Gasteiger partial charge in [-0.05, 0) is 72.1 Å². The SMILES string of the molecule is CCC(C)NC(=O)C(C)N(C)CCC1CCNCC1. The molecule has 0 bridgehead atoms. The van der Waals surface area contributed by atoms with Crippen LogP contribution < -0.4 is 10.6 Å². The molecule has 0 aromatic rings. The zero-order valence-corrected chi connectivity index (χ0v) is 13.0. The highest BCUT2D eigenvalue weighted by atomic mass is 16.2. The number of piperidine rings is 1. The van der Waals surface area contributed by atoms with E-state index in [0.717, 1.165) is 32.0 Å². The number of hydrogen-bond acceptors (Lipinski definition) is 3. The predicted molar refractivity (Wildman–Crippen MR) is 80.2 cm³/mol. The summed E-state index contributed by atoms with van der Waals surface area (Å²) in [6.07, 6.45) is 4.75. The molecule has 0 aromatic carbocycles. The number of nitrogens with zero attached hydrogens (tertiary/aromatic N) is 1. The van der Waals surface area contributed by atoms with Crippen LogP contribution in [0.4, 0.5) is 0 Å². The zero-order valence-electron chi connectivity index (χ0n) is 13.0. The van der Waals surface area contributed by atoms with Crippen molar-refractivity contribution in [1.82, 2.24) is 15.5 Å². The fraction of sp³-hybridized carbons (Fsp3) is 0.933. The lowest BCUT2D eigenvalue weighted by Crippen LogP contribution is -2.46. The maximum absolute atomic E-state index is 12.0. The fourth-order valence-electron chi connectivity index (χ4n) is 2.42. The van der Waals surface area contributed by atoms with Crippen LogP contribution in [0.2, 0.25) is 0 Å². The molecule has 0 aromatic heterocycles. The van der Waals surface area contributed by atoms with E-state index in [4.69, 9.17) is 0 Å². The Kier molecular flexibility index (Phi) is 7.39. The van der Waals surface area contributed by atoms with Gasteiger partial charge in [-0.15, -0.1) is 0 Å². The van der Waals surface area contributed by atoms with Crippen LogP contribution >= 0.6 is 0 Å². The van der Waals surface area contributed by atoms with Crippen LogP contribution in [0.1, 0.15) is 46.5 Å². The van der Waals surface area contributed by atoms with Gasteiger partial charge < -0.3 is 10.6 Å². The molecule has 1 rings (SSSR count). The molecule has 0 radical (unpaired) electrons. The highest BCUT2D eigenvalue weighted by Crippen LogP contribution is 2.16. The summed E-state index contributed by atoms with van der Waals surface area (Å²) >= 11 is 0. The fourth-order valence-corrected chi connectivity index (χ4v) is 2.42. The van der Waals surface area contributed by atoms with Crippen LogP contribution in [0.15, 0.2) is 0 Å². The van der Waals surface area contributed by atoms with E-state index in [-0.39, 0.29) is 18.0 Å². The highest BCUT2D eigenvalue weighted by Gasteiger charge is 2.20. The van der Waals surface area contributed by atoms with Crippen molar-refractivity contribution < 1.29 is 4.79 Å². The molecule has 0 spiro atoms. The van der Waals surface area contributed by atoms with Gasteiger partial charge in [0.05, 0.1) is 6.04 Å². The average Bonchev–Trinajstić information content (AvgIpc) is 2.44. The van der Waals surface area contributed by atoms with E-state index in [2.05, 4.69) is 36.4 Å². The monoisotopic (exact) mass is 269 g/mol. The molecule has 1 amide bonds. The predicted octanol–water partition coefficient (Wildman–Crippen LogP) is 1.61. The van der Waals surface area contributed by atoms with Gasteiger partial charge in [-0.2, -0.15) is 0 Å². The van der Waals surface area contributed by atoms with Crippen LogP contribution in [0, 0.1) is 5.92 Å². The maximum atomic E-state index is 12.0. The average molecular weight is 269 g/mol. The second-order valence-corrected chi connectivity index (χ2v) is 5.96. The van der Waals surface area contributed by atoms with Gasteiger partial charge in [0.15, 0.2) is 0 Å². The molecule has 0 saturated carbocycles. The number of rotatable bonds is 7. The Hall–Kier alpha value is -0.610. The molecule has 1 saturated heterocycles. The second-order valence-electron chi connectivity index (χ2n) is 5.96. The molecule has 0 aliphatic carbocycles. The van der Waals surface area contributed by atoms with E-state index < -0.39 is 0 Å². The third-order valence-electron chi connectivity index (χ3n) is 4.39. The van der Waals surface area contributed by atoms with E-state index in [1.54, 1.807) is 0 Å². The number of carbonyl (C=O) groups is 1. The van der Waals surface area contributed by atoms with E-state index in [9.17, 15) is 4.79 Å². The highest BCUT2D eigenvalue weighted by molar-refractivity contribution is 5.81. The Balaban J connectivity index is 2.26. The third kappa shape index (κ3) is 5.91. The summed E-state index contributed by atoms with van der Waals surface area (Å²) < 4.78 is 0. The van der Waals surface area contributed by atoms with Gasteiger partial charge in [0.2, 0.25) is 5.91 Å². The van der Waals surface area contributed by atoms with Crippen LogP contribution in [0.5, 0.6) is 0 Å². The number of amides is 1. The summed E-state index contributed by atoms with van der Waals surface area (Å²) in [4.78, 5) is 14.2. The topological polar surface area (TPSA) is 44.4 Å². The van der Waals surface area contributed by atoms with Crippen LogP contribution in [-0.2, 0) is 4.79 Å². The Morgan fingerprint density at radius 3 is 2.58 bits per heavy atom. The van der Waals surface area contributed by atoms with Crippen LogP contribution in [0.25, 0.3) is 0 Å². The molecular formula is C15H31N3O. The summed E-state index contributed by atoms with van der Waals surface area (Å²) in [5, 5.41) is 6.45. The van der Waals surface area contributed by atoms with Gasteiger partial charge in [-0.3, -0.25) is 9.69 Å². The molecule has 1 fully saturated rings. The minimum absolute atomic E-state index is 0.0317. The number of hydrogen-bond donors (Lipinski definition) is 2. The molecule has 4 heteroatoms. The first kappa shape index (κ1) is 16.4. The maximum Gasteiger partial charge on any atom is 0.237 e. The molecule has 1 heterocycles. The van der Waals surface area contributed by atoms with Gasteiger partial charge in [0, 0.05) is 6.04 Å². The quantitative estimate of drug-likeness (QED) is 0.738. The molecule has 19 heavy (non-hydrogen) atoms. The summed E-state index contributed by atoms with van der Waals surface area (Å²) in [5.74, 6) is 0.982. The molecule has 2 N–H and O–H groups in total. The van der Waals surface area contributed by atoms with E-state index in [0.29, 0.717) is 0 Å². The summed E-state index contributed by atoms with van der Waals surface area (Å²) in [6.45, 7) is 9.47. The van der Waals surface area contributed by atoms with Gasteiger partial charge in [-0.1, -0.05) is 6.92 Å². The number of carbonyl (C=O) groups excluding carboxylic acids is 1. The van der Waals surface area contributed by atoms with Gasteiger partial charge in [0.1, 0.15) is 0 Å². The van der Waals surface area contributed by atoms with Gasteiger partial charge in [0.25, 0.3) is 0 Å². The van der Waals surface area contributed by atoms with Crippen molar-refractivity contribution in [2.24, 2.45) is 5.92 Å². The summed E-state index contributed by atoms with van der Waals surface area (Å²) in [6, 6.07) is 0.239. The van der Waals surface area contributed by atoms with Crippen molar-refractivity contribution in [1.29, 1.82) is 0 Å². The molecule has 2 atom stereocenters. The van der Waals surface area contributed by atoms with E-state index in [1.165, 1.54) is 19.3 Å². The molecule has 1 aliphatic heterocycles. The first-order chi connectivity index (χ1) is 9.04. The Labute approximate surface area is 118 Å². The van der Waals surface area contributed by atoms with Crippen molar-refractivity contribution >= 4 is 5.91 Å². The lowest BCUT2D eigenvalue weighted by molar-refractivity contribution is -0.126. The summed E-state index contributed by atoms with van der Waals surface area (Å²) in [5.41, 5.74) is 0. The standard InChI is InChI=1S/C15H31N3O/c1-5-12(2)17-15(19)13(3)18(4)11-8-14-6-9-16-10-7-14/h12-14,16H,5-11H2,1-4H3,(H,17,19). The van der Waals surface area contributed by atoms with Gasteiger partial charge >= 0.3 is 0 Å². The van der Waals surface area contributed by atoms with Crippen molar-refractivity contribution in [2.45, 2.75) is 58.5 Å². The normalized spacial score (nSPS) is 20.3. The molecule has 1 aliphatic rings. The smallest absolute Gasteiger partial charge is 0.237 e. The lowest BCUT2D eigenvalue weighted by Gasteiger charge is -2.28. The number of likely N-dealkylation sites (N-methyl/N-ethyl adjacent to an activating group) is 1. The Morgan fingerprint density at radius 2 is 2.00 bits per heavy atom. The first-order valence-electron chi connectivity index (χ1n) is 7.76. The minimum Gasteiger partial charge on any atom is -0.352 e. The second kappa shape index (κ2) is 8.54. The molecule has 112 valence electrons. The van der Waals surface area contributed by atoms with Crippen LogP contribution in [0.3, 0.4) is 0 Å². The van der Waals surface area contributed by atoms with Crippen molar-refractivity contribution in [3.8, 4) is 0 Å². The Morgan fingerprint density at radius 1 is 1.37 bits per heavy atom. The summed E-state index contributed by atoms with van der Waals surface area (Å²) in [7, 11) is 2.06. The Bertz CT molecular complexity index is 264. The van der Waals surface area contributed by atoms with Crippen molar-refractivity contribution in [2.75, 3.05) is 26.7 Å². The van der Waals surface area contributed by atoms with E-state index in [1.807, 2.05) is 6.92 Å². The minimum atomic E-state index is -0.0317. The largest absolute Gasteiger partial charge is 0.352 e.